The lowest BCUT2D eigenvalue weighted by Gasteiger charge is -2.44. The minimum Gasteiger partial charge on any atom is -0.389 e. The Balaban J connectivity index is 2.07. The van der Waals surface area contributed by atoms with Crippen molar-refractivity contribution in [3.8, 4) is 0 Å². The molecule has 0 saturated heterocycles. The third-order valence-electron chi connectivity index (χ3n) is 5.58. The van der Waals surface area contributed by atoms with E-state index >= 15 is 0 Å². The van der Waals surface area contributed by atoms with Crippen LogP contribution in [0.25, 0.3) is 0 Å². The van der Waals surface area contributed by atoms with Gasteiger partial charge >= 0.3 is 0 Å². The highest BCUT2D eigenvalue weighted by Gasteiger charge is 2.57. The Hall–Kier alpha value is -0.860. The Morgan fingerprint density at radius 1 is 1.16 bits per heavy atom. The second-order valence-corrected chi connectivity index (χ2v) is 7.32. The van der Waals surface area contributed by atoms with Crippen molar-refractivity contribution in [2.24, 2.45) is 11.1 Å². The van der Waals surface area contributed by atoms with E-state index in [9.17, 15) is 5.11 Å². The first kappa shape index (κ1) is 13.1. The second-order valence-electron chi connectivity index (χ2n) is 7.32. The fourth-order valence-electron chi connectivity index (χ4n) is 4.50. The summed E-state index contributed by atoms with van der Waals surface area (Å²) in [5.41, 5.74) is 8.24. The lowest BCUT2D eigenvalue weighted by Crippen LogP contribution is -2.53. The van der Waals surface area contributed by atoms with Crippen molar-refractivity contribution in [3.05, 3.63) is 35.4 Å². The molecule has 2 aliphatic rings. The standard InChI is InChI=1S/C17H25NO/c1-15(2)9-10-17(19,11-15)16(12-18)8-7-13-5-3-4-6-14(13)16/h3-6,19H,7-12,18H2,1-2H3. The maximum absolute atomic E-state index is 11.3. The van der Waals surface area contributed by atoms with Gasteiger partial charge in [-0.2, -0.15) is 0 Å². The molecular weight excluding hydrogens is 234 g/mol. The molecule has 0 aromatic heterocycles. The average molecular weight is 259 g/mol. The molecule has 3 N–H and O–H groups in total. The van der Waals surface area contributed by atoms with Crippen LogP contribution < -0.4 is 5.73 Å². The van der Waals surface area contributed by atoms with E-state index in [0.29, 0.717) is 6.54 Å². The van der Waals surface area contributed by atoms with Crippen LogP contribution in [0.3, 0.4) is 0 Å². The van der Waals surface area contributed by atoms with Gasteiger partial charge in [-0.05, 0) is 48.6 Å². The Kier molecular flexibility index (Phi) is 2.81. The Morgan fingerprint density at radius 2 is 1.89 bits per heavy atom. The van der Waals surface area contributed by atoms with Crippen LogP contribution in [0.2, 0.25) is 0 Å². The van der Waals surface area contributed by atoms with Gasteiger partial charge in [-0.1, -0.05) is 38.1 Å². The molecule has 0 heterocycles. The summed E-state index contributed by atoms with van der Waals surface area (Å²) in [6.07, 6.45) is 4.88. The number of rotatable bonds is 2. The van der Waals surface area contributed by atoms with E-state index in [1.54, 1.807) is 0 Å². The zero-order valence-electron chi connectivity index (χ0n) is 12.1. The maximum Gasteiger partial charge on any atom is 0.0761 e. The topological polar surface area (TPSA) is 46.2 Å². The highest BCUT2D eigenvalue weighted by Crippen LogP contribution is 2.56. The Bertz CT molecular complexity index is 496. The minimum atomic E-state index is -0.627. The molecular formula is C17H25NO. The lowest BCUT2D eigenvalue weighted by molar-refractivity contribution is -0.0386. The number of hydrogen-bond acceptors (Lipinski definition) is 2. The molecule has 0 bridgehead atoms. The van der Waals surface area contributed by atoms with Crippen molar-refractivity contribution in [2.45, 2.75) is 57.0 Å². The molecule has 2 heteroatoms. The maximum atomic E-state index is 11.3. The molecule has 2 atom stereocenters. The summed E-state index contributed by atoms with van der Waals surface area (Å²) in [5.74, 6) is 0. The molecule has 2 nitrogen and oxygen atoms in total. The summed E-state index contributed by atoms with van der Waals surface area (Å²) in [4.78, 5) is 0. The number of nitrogens with two attached hydrogens (primary N) is 1. The molecule has 2 unspecified atom stereocenters. The molecule has 1 aromatic rings. The van der Waals surface area contributed by atoms with E-state index in [1.807, 2.05) is 0 Å². The van der Waals surface area contributed by atoms with Crippen molar-refractivity contribution in [1.29, 1.82) is 0 Å². The van der Waals surface area contributed by atoms with Crippen LogP contribution in [0.15, 0.2) is 24.3 Å². The molecule has 3 rings (SSSR count). The predicted molar refractivity (Wildman–Crippen MR) is 78.1 cm³/mol. The van der Waals surface area contributed by atoms with E-state index in [1.165, 1.54) is 11.1 Å². The zero-order chi connectivity index (χ0) is 13.7. The van der Waals surface area contributed by atoms with E-state index in [-0.39, 0.29) is 10.8 Å². The summed E-state index contributed by atoms with van der Waals surface area (Å²) >= 11 is 0. The van der Waals surface area contributed by atoms with E-state index in [4.69, 9.17) is 5.73 Å². The lowest BCUT2D eigenvalue weighted by atomic mass is 9.66. The zero-order valence-corrected chi connectivity index (χ0v) is 12.1. The van der Waals surface area contributed by atoms with Crippen LogP contribution >= 0.6 is 0 Å². The van der Waals surface area contributed by atoms with Crippen molar-refractivity contribution >= 4 is 0 Å². The molecule has 2 aliphatic carbocycles. The fourth-order valence-corrected chi connectivity index (χ4v) is 4.50. The molecule has 0 aliphatic heterocycles. The SMILES string of the molecule is CC1(C)CCC(O)(C2(CN)CCc3ccccc32)C1. The molecule has 104 valence electrons. The van der Waals surface area contributed by atoms with Gasteiger partial charge in [-0.25, -0.2) is 0 Å². The van der Waals surface area contributed by atoms with Crippen molar-refractivity contribution < 1.29 is 5.11 Å². The summed E-state index contributed by atoms with van der Waals surface area (Å²) in [7, 11) is 0. The molecule has 0 spiro atoms. The first-order valence-corrected chi connectivity index (χ1v) is 7.43. The summed E-state index contributed by atoms with van der Waals surface area (Å²) in [6, 6.07) is 8.54. The van der Waals surface area contributed by atoms with E-state index in [0.717, 1.165) is 32.1 Å². The fraction of sp³-hybridized carbons (Fsp3) is 0.647. The van der Waals surface area contributed by atoms with Crippen molar-refractivity contribution in [1.82, 2.24) is 0 Å². The summed E-state index contributed by atoms with van der Waals surface area (Å²) in [6.45, 7) is 5.07. The van der Waals surface area contributed by atoms with Crippen LogP contribution in [-0.2, 0) is 11.8 Å². The van der Waals surface area contributed by atoms with Crippen LogP contribution in [0.5, 0.6) is 0 Å². The molecule has 1 fully saturated rings. The highest BCUT2D eigenvalue weighted by atomic mass is 16.3. The van der Waals surface area contributed by atoms with Gasteiger partial charge in [0.05, 0.1) is 5.60 Å². The van der Waals surface area contributed by atoms with Crippen LogP contribution in [0.4, 0.5) is 0 Å². The summed E-state index contributed by atoms with van der Waals surface area (Å²) in [5, 5.41) is 11.3. The van der Waals surface area contributed by atoms with E-state index in [2.05, 4.69) is 38.1 Å². The smallest absolute Gasteiger partial charge is 0.0761 e. The van der Waals surface area contributed by atoms with E-state index < -0.39 is 5.60 Å². The number of aliphatic hydroxyl groups is 1. The van der Waals surface area contributed by atoms with Crippen LogP contribution in [-0.4, -0.2) is 17.3 Å². The molecule has 19 heavy (non-hydrogen) atoms. The highest BCUT2D eigenvalue weighted by molar-refractivity contribution is 5.43. The van der Waals surface area contributed by atoms with Gasteiger partial charge in [0, 0.05) is 12.0 Å². The molecule has 1 aromatic carbocycles. The normalized spacial score (nSPS) is 36.4. The van der Waals surface area contributed by atoms with Gasteiger partial charge in [0.1, 0.15) is 0 Å². The van der Waals surface area contributed by atoms with Gasteiger partial charge in [-0.3, -0.25) is 0 Å². The van der Waals surface area contributed by atoms with Gasteiger partial charge in [0.25, 0.3) is 0 Å². The molecule has 0 amide bonds. The Labute approximate surface area is 116 Å². The van der Waals surface area contributed by atoms with Crippen molar-refractivity contribution in [3.63, 3.8) is 0 Å². The quantitative estimate of drug-likeness (QED) is 0.858. The van der Waals surface area contributed by atoms with Crippen LogP contribution in [0, 0.1) is 5.41 Å². The number of hydrogen-bond donors (Lipinski definition) is 2. The minimum absolute atomic E-state index is 0.225. The first-order valence-electron chi connectivity index (χ1n) is 7.43. The number of benzene rings is 1. The van der Waals surface area contributed by atoms with Gasteiger partial charge in [-0.15, -0.1) is 0 Å². The third-order valence-corrected chi connectivity index (χ3v) is 5.58. The monoisotopic (exact) mass is 259 g/mol. The average Bonchev–Trinajstić information content (AvgIpc) is 2.89. The third kappa shape index (κ3) is 1.77. The molecule has 0 radical (unpaired) electrons. The van der Waals surface area contributed by atoms with Gasteiger partial charge in [0.15, 0.2) is 0 Å². The first-order chi connectivity index (χ1) is 8.93. The number of aryl methyl sites for hydroxylation is 1. The molecule has 1 saturated carbocycles. The van der Waals surface area contributed by atoms with Crippen molar-refractivity contribution in [2.75, 3.05) is 6.54 Å². The summed E-state index contributed by atoms with van der Waals surface area (Å²) < 4.78 is 0. The van der Waals surface area contributed by atoms with Crippen LogP contribution in [0.1, 0.15) is 50.7 Å². The predicted octanol–water partition coefficient (Wildman–Crippen LogP) is 2.77. The van der Waals surface area contributed by atoms with Gasteiger partial charge in [0.2, 0.25) is 0 Å². The van der Waals surface area contributed by atoms with Gasteiger partial charge < -0.3 is 10.8 Å². The number of fused-ring (bicyclic) bond motifs is 1. The second kappa shape index (κ2) is 4.07. The largest absolute Gasteiger partial charge is 0.389 e. The Morgan fingerprint density at radius 3 is 2.53 bits per heavy atom.